The molecule has 0 amide bonds. The fourth-order valence-corrected chi connectivity index (χ4v) is 3.67. The molecule has 0 aliphatic carbocycles. The predicted molar refractivity (Wildman–Crippen MR) is 106 cm³/mol. The van der Waals surface area contributed by atoms with Crippen molar-refractivity contribution in [1.82, 2.24) is 14.5 Å². The molecule has 0 N–H and O–H groups in total. The molecule has 4 rings (SSSR count). The third kappa shape index (κ3) is 4.11. The van der Waals surface area contributed by atoms with Gasteiger partial charge in [0.05, 0.1) is 11.4 Å². The highest BCUT2D eigenvalue weighted by atomic mass is 79.9. The highest BCUT2D eigenvalue weighted by molar-refractivity contribution is 9.10. The van der Waals surface area contributed by atoms with Gasteiger partial charge < -0.3 is 4.57 Å². The summed E-state index contributed by atoms with van der Waals surface area (Å²) in [4.78, 5) is 10.6. The van der Waals surface area contributed by atoms with E-state index in [1.807, 2.05) is 12.1 Å². The molecule has 0 unspecified atom stereocenters. The molecular weight excluding hydrogens is 394 g/mol. The van der Waals surface area contributed by atoms with E-state index in [0.29, 0.717) is 0 Å². The Labute approximate surface area is 159 Å². The van der Waals surface area contributed by atoms with Gasteiger partial charge in [-0.2, -0.15) is 0 Å². The number of thioether (sulfide) groups is 1. The van der Waals surface area contributed by atoms with Crippen LogP contribution < -0.4 is 0 Å². The fraction of sp³-hybridized carbons (Fsp3) is 0.100. The van der Waals surface area contributed by atoms with Crippen LogP contribution in [0.1, 0.15) is 11.4 Å². The van der Waals surface area contributed by atoms with Gasteiger partial charge in [0.15, 0.2) is 0 Å². The lowest BCUT2D eigenvalue weighted by Crippen LogP contribution is -2.00. The van der Waals surface area contributed by atoms with Crippen molar-refractivity contribution in [3.63, 3.8) is 0 Å². The number of hydrogen-bond acceptors (Lipinski definition) is 3. The van der Waals surface area contributed by atoms with E-state index in [-0.39, 0.29) is 0 Å². The molecule has 0 saturated carbocycles. The van der Waals surface area contributed by atoms with E-state index in [1.165, 1.54) is 10.5 Å². The van der Waals surface area contributed by atoms with Gasteiger partial charge in [-0.25, -0.2) is 9.97 Å². The molecule has 25 heavy (non-hydrogen) atoms. The standard InChI is InChI=1S/C20H16BrN3S/c21-16-8-6-15(7-9-16)12-24-11-10-18-19(13-24)23-20(22-18)14-25-17-4-2-1-3-5-17/h1-11,13H,12,14H2. The number of halogens is 1. The van der Waals surface area contributed by atoms with Crippen molar-refractivity contribution < 1.29 is 0 Å². The van der Waals surface area contributed by atoms with Gasteiger partial charge in [-0.1, -0.05) is 46.3 Å². The first-order chi connectivity index (χ1) is 12.3. The van der Waals surface area contributed by atoms with E-state index in [0.717, 1.165) is 34.0 Å². The molecule has 0 atom stereocenters. The minimum absolute atomic E-state index is 0.783. The Hall–Kier alpha value is -2.11. The highest BCUT2D eigenvalue weighted by Crippen LogP contribution is 2.25. The van der Waals surface area contributed by atoms with Gasteiger partial charge >= 0.3 is 0 Å². The lowest BCUT2D eigenvalue weighted by molar-refractivity contribution is 0.789. The molecule has 0 radical (unpaired) electrons. The van der Waals surface area contributed by atoms with Crippen LogP contribution in [0.2, 0.25) is 0 Å². The summed E-state index contributed by atoms with van der Waals surface area (Å²) in [5.41, 5.74) is 3.16. The van der Waals surface area contributed by atoms with Crippen LogP contribution in [0.3, 0.4) is 0 Å². The molecule has 0 spiro atoms. The van der Waals surface area contributed by atoms with E-state index in [1.54, 1.807) is 11.8 Å². The van der Waals surface area contributed by atoms with Crippen molar-refractivity contribution in [2.24, 2.45) is 0 Å². The Morgan fingerprint density at radius 2 is 1.64 bits per heavy atom. The summed E-state index contributed by atoms with van der Waals surface area (Å²) in [7, 11) is 0. The van der Waals surface area contributed by atoms with Gasteiger partial charge in [0.1, 0.15) is 11.5 Å². The third-order valence-electron chi connectivity index (χ3n) is 3.86. The maximum Gasteiger partial charge on any atom is 0.140 e. The van der Waals surface area contributed by atoms with Crippen LogP contribution in [0, 0.1) is 0 Å². The van der Waals surface area contributed by atoms with Crippen LogP contribution in [-0.4, -0.2) is 14.5 Å². The Bertz CT molecular complexity index is 935. The molecule has 2 aromatic rings. The quantitative estimate of drug-likeness (QED) is 0.408. The second kappa shape index (κ2) is 7.42. The molecule has 2 aliphatic rings. The van der Waals surface area contributed by atoms with E-state index in [9.17, 15) is 0 Å². The minimum atomic E-state index is 0.783. The maximum atomic E-state index is 4.68. The molecule has 0 saturated heterocycles. The van der Waals surface area contributed by atoms with Crippen molar-refractivity contribution in [1.29, 1.82) is 0 Å². The molecular formula is C20H16BrN3S. The van der Waals surface area contributed by atoms with Gasteiger partial charge in [-0.3, -0.25) is 0 Å². The second-order valence-electron chi connectivity index (χ2n) is 5.76. The van der Waals surface area contributed by atoms with E-state index >= 15 is 0 Å². The Morgan fingerprint density at radius 1 is 0.880 bits per heavy atom. The summed E-state index contributed by atoms with van der Waals surface area (Å²) >= 11 is 5.23. The van der Waals surface area contributed by atoms with Crippen molar-refractivity contribution in [2.75, 3.05) is 0 Å². The molecule has 2 aromatic carbocycles. The number of fused-ring (bicyclic) bond motifs is 1. The Kier molecular flexibility index (Phi) is 4.85. The number of pyridine rings is 1. The van der Waals surface area contributed by atoms with Gasteiger partial charge in [0.2, 0.25) is 0 Å². The zero-order valence-corrected chi connectivity index (χ0v) is 15.9. The summed E-state index contributed by atoms with van der Waals surface area (Å²) in [6, 6.07) is 20.8. The van der Waals surface area contributed by atoms with Crippen molar-refractivity contribution in [2.45, 2.75) is 17.2 Å². The zero-order valence-electron chi connectivity index (χ0n) is 13.5. The average molecular weight is 410 g/mol. The van der Waals surface area contributed by atoms with Crippen LogP contribution >= 0.6 is 27.7 Å². The van der Waals surface area contributed by atoms with E-state index in [2.05, 4.69) is 91.4 Å². The first kappa shape index (κ1) is 16.4. The van der Waals surface area contributed by atoms with Crippen LogP contribution in [0.25, 0.3) is 11.4 Å². The molecule has 3 nitrogen and oxygen atoms in total. The zero-order chi connectivity index (χ0) is 17.1. The van der Waals surface area contributed by atoms with Crippen molar-refractivity contribution in [3.8, 4) is 11.4 Å². The van der Waals surface area contributed by atoms with Gasteiger partial charge in [-0.15, -0.1) is 11.8 Å². The number of aromatic nitrogens is 3. The van der Waals surface area contributed by atoms with Crippen LogP contribution in [0.15, 0.2) is 82.4 Å². The molecule has 124 valence electrons. The largest absolute Gasteiger partial charge is 0.348 e. The number of hydrogen-bond donors (Lipinski definition) is 0. The molecule has 0 aromatic heterocycles. The lowest BCUT2D eigenvalue weighted by atomic mass is 10.2. The van der Waals surface area contributed by atoms with Crippen LogP contribution in [0.5, 0.6) is 0 Å². The Balaban J connectivity index is 1.49. The summed E-state index contributed by atoms with van der Waals surface area (Å²) in [5.74, 6) is 1.66. The highest BCUT2D eigenvalue weighted by Gasteiger charge is 2.11. The predicted octanol–water partition coefficient (Wildman–Crippen LogP) is 5.49. The normalized spacial score (nSPS) is 11.1. The topological polar surface area (TPSA) is 30.7 Å². The maximum absolute atomic E-state index is 4.68. The van der Waals surface area contributed by atoms with Crippen molar-refractivity contribution in [3.05, 3.63) is 88.9 Å². The van der Waals surface area contributed by atoms with Gasteiger partial charge in [0.25, 0.3) is 0 Å². The summed E-state index contributed by atoms with van der Waals surface area (Å²) < 4.78 is 3.24. The lowest BCUT2D eigenvalue weighted by Gasteiger charge is -2.08. The number of nitrogens with zero attached hydrogens (tertiary/aromatic N) is 3. The minimum Gasteiger partial charge on any atom is -0.348 e. The Morgan fingerprint density at radius 3 is 2.44 bits per heavy atom. The van der Waals surface area contributed by atoms with Crippen LogP contribution in [-0.2, 0) is 12.3 Å². The van der Waals surface area contributed by atoms with E-state index in [4.69, 9.17) is 0 Å². The number of imidazole rings is 1. The average Bonchev–Trinajstić information content (AvgIpc) is 3.05. The number of benzene rings is 2. The molecule has 5 heteroatoms. The van der Waals surface area contributed by atoms with Crippen LogP contribution in [0.4, 0.5) is 0 Å². The summed E-state index contributed by atoms with van der Waals surface area (Å²) in [6.07, 6.45) is 4.13. The third-order valence-corrected chi connectivity index (χ3v) is 5.40. The second-order valence-corrected chi connectivity index (χ2v) is 7.72. The first-order valence-corrected chi connectivity index (χ1v) is 9.79. The molecule has 2 aliphatic heterocycles. The molecule has 0 fully saturated rings. The molecule has 2 heterocycles. The summed E-state index contributed by atoms with van der Waals surface area (Å²) in [5, 5.41) is 0. The summed E-state index contributed by atoms with van der Waals surface area (Å²) in [6.45, 7) is 0.824. The van der Waals surface area contributed by atoms with Gasteiger partial charge in [-0.05, 0) is 35.9 Å². The monoisotopic (exact) mass is 409 g/mol. The van der Waals surface area contributed by atoms with E-state index < -0.39 is 0 Å². The molecule has 0 bridgehead atoms. The first-order valence-electron chi connectivity index (χ1n) is 8.01. The fourth-order valence-electron chi connectivity index (χ4n) is 2.63. The SMILES string of the molecule is Brc1ccc(Cn2ccc3nc(CSc4ccccc4)nc-3c2)cc1. The number of rotatable bonds is 5. The van der Waals surface area contributed by atoms with Gasteiger partial charge in [0, 0.05) is 28.3 Å². The smallest absolute Gasteiger partial charge is 0.140 e. The van der Waals surface area contributed by atoms with Crippen molar-refractivity contribution >= 4 is 27.7 Å².